The molecule has 0 amide bonds. The van der Waals surface area contributed by atoms with Gasteiger partial charge in [-0.2, -0.15) is 5.10 Å². The SMILES string of the molecule is CCC(CC)Cn1ncc(N)cc1=O. The minimum atomic E-state index is -0.114. The van der Waals surface area contributed by atoms with Crippen LogP contribution in [0, 0.1) is 5.92 Å². The number of nitrogens with zero attached hydrogens (tertiary/aromatic N) is 2. The standard InChI is InChI=1S/C10H17N3O/c1-3-8(4-2)7-13-10(14)5-9(11)6-12-13/h5-6,8H,3-4,7,11H2,1-2H3. The first-order chi connectivity index (χ1) is 6.67. The van der Waals surface area contributed by atoms with E-state index in [4.69, 9.17) is 5.73 Å². The maximum absolute atomic E-state index is 11.4. The molecule has 0 aliphatic carbocycles. The molecule has 1 rings (SSSR count). The van der Waals surface area contributed by atoms with Gasteiger partial charge in [-0.3, -0.25) is 4.79 Å². The molecule has 78 valence electrons. The number of hydrogen-bond acceptors (Lipinski definition) is 3. The van der Waals surface area contributed by atoms with Crippen LogP contribution in [0.2, 0.25) is 0 Å². The smallest absolute Gasteiger partial charge is 0.268 e. The zero-order valence-electron chi connectivity index (χ0n) is 8.73. The van der Waals surface area contributed by atoms with Crippen LogP contribution in [-0.2, 0) is 6.54 Å². The molecule has 0 aromatic carbocycles. The van der Waals surface area contributed by atoms with E-state index in [1.807, 2.05) is 0 Å². The molecule has 0 saturated carbocycles. The zero-order chi connectivity index (χ0) is 10.6. The highest BCUT2D eigenvalue weighted by atomic mass is 16.1. The van der Waals surface area contributed by atoms with Crippen molar-refractivity contribution < 1.29 is 0 Å². The summed E-state index contributed by atoms with van der Waals surface area (Å²) in [6, 6.07) is 1.41. The van der Waals surface area contributed by atoms with Gasteiger partial charge >= 0.3 is 0 Å². The summed E-state index contributed by atoms with van der Waals surface area (Å²) >= 11 is 0. The first-order valence-corrected chi connectivity index (χ1v) is 5.00. The Hall–Kier alpha value is -1.32. The summed E-state index contributed by atoms with van der Waals surface area (Å²) in [5, 5.41) is 3.99. The van der Waals surface area contributed by atoms with Crippen LogP contribution >= 0.6 is 0 Å². The minimum Gasteiger partial charge on any atom is -0.397 e. The maximum Gasteiger partial charge on any atom is 0.268 e. The first kappa shape index (κ1) is 10.8. The molecule has 0 saturated heterocycles. The van der Waals surface area contributed by atoms with Gasteiger partial charge in [0.05, 0.1) is 11.9 Å². The molecule has 0 spiro atoms. The average Bonchev–Trinajstić information content (AvgIpc) is 2.17. The van der Waals surface area contributed by atoms with E-state index in [2.05, 4.69) is 18.9 Å². The molecule has 0 fully saturated rings. The Balaban J connectivity index is 2.81. The van der Waals surface area contributed by atoms with E-state index in [0.29, 0.717) is 18.2 Å². The van der Waals surface area contributed by atoms with Crippen molar-refractivity contribution >= 4 is 5.69 Å². The number of nitrogens with two attached hydrogens (primary N) is 1. The Bertz CT molecular complexity index is 341. The molecular formula is C10H17N3O. The van der Waals surface area contributed by atoms with Crippen molar-refractivity contribution in [3.63, 3.8) is 0 Å². The van der Waals surface area contributed by atoms with E-state index in [9.17, 15) is 4.79 Å². The molecule has 14 heavy (non-hydrogen) atoms. The van der Waals surface area contributed by atoms with E-state index in [1.165, 1.54) is 16.9 Å². The lowest BCUT2D eigenvalue weighted by Crippen LogP contribution is -2.25. The minimum absolute atomic E-state index is 0.114. The molecule has 0 unspecified atom stereocenters. The van der Waals surface area contributed by atoms with E-state index in [-0.39, 0.29) is 5.56 Å². The summed E-state index contributed by atoms with van der Waals surface area (Å²) < 4.78 is 1.48. The lowest BCUT2D eigenvalue weighted by molar-refractivity contribution is 0.385. The van der Waals surface area contributed by atoms with Crippen molar-refractivity contribution in [2.45, 2.75) is 33.2 Å². The zero-order valence-corrected chi connectivity index (χ0v) is 8.73. The quantitative estimate of drug-likeness (QED) is 0.786. The van der Waals surface area contributed by atoms with Crippen molar-refractivity contribution in [1.29, 1.82) is 0 Å². The molecule has 0 bridgehead atoms. The summed E-state index contributed by atoms with van der Waals surface area (Å²) in [7, 11) is 0. The number of nitrogen functional groups attached to an aromatic ring is 1. The van der Waals surface area contributed by atoms with E-state index in [1.54, 1.807) is 0 Å². The third kappa shape index (κ3) is 2.58. The van der Waals surface area contributed by atoms with Crippen molar-refractivity contribution in [3.8, 4) is 0 Å². The first-order valence-electron chi connectivity index (χ1n) is 5.00. The fourth-order valence-corrected chi connectivity index (χ4v) is 1.38. The van der Waals surface area contributed by atoms with Crippen LogP contribution in [0.1, 0.15) is 26.7 Å². The van der Waals surface area contributed by atoms with E-state index < -0.39 is 0 Å². The van der Waals surface area contributed by atoms with Gasteiger partial charge in [0.25, 0.3) is 5.56 Å². The van der Waals surface area contributed by atoms with Gasteiger partial charge in [-0.15, -0.1) is 0 Å². The van der Waals surface area contributed by atoms with Gasteiger partial charge in [0.2, 0.25) is 0 Å². The molecule has 1 heterocycles. The highest BCUT2D eigenvalue weighted by Gasteiger charge is 2.06. The number of anilines is 1. The van der Waals surface area contributed by atoms with Crippen LogP contribution < -0.4 is 11.3 Å². The fourth-order valence-electron chi connectivity index (χ4n) is 1.38. The Kier molecular flexibility index (Phi) is 3.68. The molecular weight excluding hydrogens is 178 g/mol. The van der Waals surface area contributed by atoms with E-state index in [0.717, 1.165) is 12.8 Å². The average molecular weight is 195 g/mol. The summed E-state index contributed by atoms with van der Waals surface area (Å²) in [5.41, 5.74) is 5.76. The van der Waals surface area contributed by atoms with Crippen LogP contribution in [0.4, 0.5) is 5.69 Å². The highest BCUT2D eigenvalue weighted by molar-refractivity contribution is 5.31. The van der Waals surface area contributed by atoms with Crippen LogP contribution in [-0.4, -0.2) is 9.78 Å². The van der Waals surface area contributed by atoms with Gasteiger partial charge in [0.1, 0.15) is 0 Å². The molecule has 1 aromatic rings. The Morgan fingerprint density at radius 2 is 2.14 bits per heavy atom. The highest BCUT2D eigenvalue weighted by Crippen LogP contribution is 2.08. The lowest BCUT2D eigenvalue weighted by atomic mass is 10.0. The maximum atomic E-state index is 11.4. The van der Waals surface area contributed by atoms with Crippen LogP contribution in [0.15, 0.2) is 17.1 Å². The molecule has 0 aliphatic rings. The molecule has 4 heteroatoms. The fraction of sp³-hybridized carbons (Fsp3) is 0.600. The molecule has 1 aromatic heterocycles. The molecule has 0 atom stereocenters. The predicted molar refractivity (Wildman–Crippen MR) is 57.0 cm³/mol. The Labute approximate surface area is 83.7 Å². The third-order valence-corrected chi connectivity index (χ3v) is 2.48. The van der Waals surface area contributed by atoms with Crippen molar-refractivity contribution in [2.75, 3.05) is 5.73 Å². The van der Waals surface area contributed by atoms with Crippen molar-refractivity contribution in [2.24, 2.45) is 5.92 Å². The second kappa shape index (κ2) is 4.79. The summed E-state index contributed by atoms with van der Waals surface area (Å²) in [6.45, 7) is 4.93. The molecule has 4 nitrogen and oxygen atoms in total. The molecule has 0 radical (unpaired) electrons. The topological polar surface area (TPSA) is 60.9 Å². The van der Waals surface area contributed by atoms with Gasteiger partial charge in [-0.25, -0.2) is 4.68 Å². The summed E-state index contributed by atoms with van der Waals surface area (Å²) in [6.07, 6.45) is 3.65. The van der Waals surface area contributed by atoms with Gasteiger partial charge in [0.15, 0.2) is 0 Å². The van der Waals surface area contributed by atoms with Crippen molar-refractivity contribution in [1.82, 2.24) is 9.78 Å². The van der Waals surface area contributed by atoms with E-state index >= 15 is 0 Å². The van der Waals surface area contributed by atoms with Crippen LogP contribution in [0.3, 0.4) is 0 Å². The van der Waals surface area contributed by atoms with Gasteiger partial charge in [-0.05, 0) is 5.92 Å². The number of hydrogen-bond donors (Lipinski definition) is 1. The Morgan fingerprint density at radius 3 is 2.64 bits per heavy atom. The number of aromatic nitrogens is 2. The normalized spacial score (nSPS) is 10.8. The van der Waals surface area contributed by atoms with Crippen LogP contribution in [0.5, 0.6) is 0 Å². The van der Waals surface area contributed by atoms with Gasteiger partial charge in [-0.1, -0.05) is 26.7 Å². The lowest BCUT2D eigenvalue weighted by Gasteiger charge is -2.12. The van der Waals surface area contributed by atoms with Crippen LogP contribution in [0.25, 0.3) is 0 Å². The largest absolute Gasteiger partial charge is 0.397 e. The number of rotatable bonds is 4. The molecule has 0 aliphatic heterocycles. The molecule has 2 N–H and O–H groups in total. The second-order valence-electron chi connectivity index (χ2n) is 3.49. The van der Waals surface area contributed by atoms with Crippen molar-refractivity contribution in [3.05, 3.63) is 22.6 Å². The third-order valence-electron chi connectivity index (χ3n) is 2.48. The summed E-state index contributed by atoms with van der Waals surface area (Å²) in [4.78, 5) is 11.4. The monoisotopic (exact) mass is 195 g/mol. The summed E-state index contributed by atoms with van der Waals surface area (Å²) in [5.74, 6) is 0.517. The Morgan fingerprint density at radius 1 is 1.50 bits per heavy atom. The second-order valence-corrected chi connectivity index (χ2v) is 3.49. The predicted octanol–water partition coefficient (Wildman–Crippen LogP) is 1.26. The van der Waals surface area contributed by atoms with Gasteiger partial charge in [0, 0.05) is 12.6 Å². The van der Waals surface area contributed by atoms with Gasteiger partial charge < -0.3 is 5.73 Å².